The van der Waals surface area contributed by atoms with Crippen molar-refractivity contribution in [2.24, 2.45) is 0 Å². The molecule has 0 spiro atoms. The van der Waals surface area contributed by atoms with E-state index in [1.165, 1.54) is 24.4 Å². The number of pyridine rings is 1. The number of carbonyl (C=O) groups is 2. The summed E-state index contributed by atoms with van der Waals surface area (Å²) in [6.45, 7) is 3.43. The molecule has 90 valence electrons. The third kappa shape index (κ3) is 3.88. The van der Waals surface area contributed by atoms with Gasteiger partial charge in [-0.15, -0.1) is 6.58 Å². The predicted molar refractivity (Wildman–Crippen MR) is 63.0 cm³/mol. The fourth-order valence-electron chi connectivity index (χ4n) is 1.15. The fourth-order valence-corrected chi connectivity index (χ4v) is 1.31. The molecule has 1 heterocycles. The van der Waals surface area contributed by atoms with Gasteiger partial charge in [0.1, 0.15) is 11.7 Å². The van der Waals surface area contributed by atoms with Crippen molar-refractivity contribution in [1.82, 2.24) is 10.3 Å². The van der Waals surface area contributed by atoms with Crippen LogP contribution in [0.3, 0.4) is 0 Å². The van der Waals surface area contributed by atoms with Crippen LogP contribution in [0.4, 0.5) is 0 Å². The van der Waals surface area contributed by atoms with Crippen LogP contribution in [0.5, 0.6) is 0 Å². The number of amides is 1. The normalized spacial score (nSPS) is 11.6. The van der Waals surface area contributed by atoms with E-state index in [0.29, 0.717) is 5.02 Å². The number of halogens is 1. The predicted octanol–water partition coefficient (Wildman–Crippen LogP) is 1.49. The van der Waals surface area contributed by atoms with Crippen molar-refractivity contribution >= 4 is 23.5 Å². The van der Waals surface area contributed by atoms with Gasteiger partial charge in [-0.1, -0.05) is 17.7 Å². The largest absolute Gasteiger partial charge is 0.480 e. The number of carboxylic acids is 1. The van der Waals surface area contributed by atoms with E-state index >= 15 is 0 Å². The Balaban J connectivity index is 2.77. The molecule has 0 aliphatic heterocycles. The lowest BCUT2D eigenvalue weighted by atomic mass is 10.2. The molecular formula is C11H11ClN2O3. The Bertz CT molecular complexity index is 448. The van der Waals surface area contributed by atoms with Gasteiger partial charge in [0.05, 0.1) is 0 Å². The van der Waals surface area contributed by atoms with Crippen molar-refractivity contribution < 1.29 is 14.7 Å². The number of nitrogens with one attached hydrogen (secondary N) is 1. The maximum atomic E-state index is 11.7. The van der Waals surface area contributed by atoms with E-state index in [1.54, 1.807) is 0 Å². The number of rotatable bonds is 5. The van der Waals surface area contributed by atoms with E-state index < -0.39 is 17.9 Å². The highest BCUT2D eigenvalue weighted by atomic mass is 35.5. The Hall–Kier alpha value is -1.88. The zero-order valence-corrected chi connectivity index (χ0v) is 9.65. The molecule has 17 heavy (non-hydrogen) atoms. The van der Waals surface area contributed by atoms with Crippen LogP contribution in [0.15, 0.2) is 31.0 Å². The molecule has 2 N–H and O–H groups in total. The highest BCUT2D eigenvalue weighted by Crippen LogP contribution is 2.08. The third-order valence-electron chi connectivity index (χ3n) is 1.96. The topological polar surface area (TPSA) is 79.3 Å². The van der Waals surface area contributed by atoms with Crippen LogP contribution >= 0.6 is 11.6 Å². The van der Waals surface area contributed by atoms with Gasteiger partial charge in [0.15, 0.2) is 0 Å². The number of aromatic nitrogens is 1. The number of nitrogens with zero attached hydrogens (tertiary/aromatic N) is 1. The van der Waals surface area contributed by atoms with Gasteiger partial charge < -0.3 is 10.4 Å². The molecule has 1 atom stereocenters. The van der Waals surface area contributed by atoms with E-state index in [4.69, 9.17) is 16.7 Å². The number of carbonyl (C=O) groups excluding carboxylic acids is 1. The summed E-state index contributed by atoms with van der Waals surface area (Å²) in [7, 11) is 0. The summed E-state index contributed by atoms with van der Waals surface area (Å²) >= 11 is 5.70. The van der Waals surface area contributed by atoms with Crippen molar-refractivity contribution in [2.75, 3.05) is 0 Å². The molecular weight excluding hydrogens is 244 g/mol. The summed E-state index contributed by atoms with van der Waals surface area (Å²) in [6, 6.07) is 1.88. The van der Waals surface area contributed by atoms with Crippen molar-refractivity contribution in [1.29, 1.82) is 0 Å². The number of hydrogen-bond donors (Lipinski definition) is 2. The first-order chi connectivity index (χ1) is 8.04. The van der Waals surface area contributed by atoms with Crippen molar-refractivity contribution in [3.05, 3.63) is 41.7 Å². The van der Waals surface area contributed by atoms with E-state index in [1.807, 2.05) is 0 Å². The summed E-state index contributed by atoms with van der Waals surface area (Å²) in [5.41, 5.74) is 0.0767. The van der Waals surface area contributed by atoms with E-state index in [9.17, 15) is 9.59 Å². The van der Waals surface area contributed by atoms with E-state index in [0.717, 1.165) is 0 Å². The second kappa shape index (κ2) is 6.00. The van der Waals surface area contributed by atoms with Gasteiger partial charge in [-0.2, -0.15) is 0 Å². The average Bonchev–Trinajstić information content (AvgIpc) is 2.28. The summed E-state index contributed by atoms with van der Waals surface area (Å²) in [5, 5.41) is 11.5. The van der Waals surface area contributed by atoms with Crippen LogP contribution in [0, 0.1) is 0 Å². The first-order valence-electron chi connectivity index (χ1n) is 4.80. The van der Waals surface area contributed by atoms with Crippen LogP contribution in [0.1, 0.15) is 16.9 Å². The smallest absolute Gasteiger partial charge is 0.326 e. The molecule has 0 saturated heterocycles. The molecule has 0 aliphatic rings. The van der Waals surface area contributed by atoms with Gasteiger partial charge in [-0.05, 0) is 18.6 Å². The van der Waals surface area contributed by atoms with Gasteiger partial charge in [0.25, 0.3) is 5.91 Å². The van der Waals surface area contributed by atoms with Crippen LogP contribution in [-0.4, -0.2) is 28.0 Å². The highest BCUT2D eigenvalue weighted by molar-refractivity contribution is 6.30. The zero-order valence-electron chi connectivity index (χ0n) is 8.89. The zero-order chi connectivity index (χ0) is 12.8. The molecule has 0 aromatic carbocycles. The Morgan fingerprint density at radius 1 is 1.65 bits per heavy atom. The van der Waals surface area contributed by atoms with Gasteiger partial charge >= 0.3 is 5.97 Å². The summed E-state index contributed by atoms with van der Waals surface area (Å²) < 4.78 is 0. The molecule has 6 heteroatoms. The van der Waals surface area contributed by atoms with Gasteiger partial charge in [-0.25, -0.2) is 4.79 Å². The Morgan fingerprint density at radius 2 is 2.35 bits per heavy atom. The first kappa shape index (κ1) is 13.2. The lowest BCUT2D eigenvalue weighted by molar-refractivity contribution is -0.139. The molecule has 0 fully saturated rings. The molecule has 5 nitrogen and oxygen atoms in total. The van der Waals surface area contributed by atoms with Crippen LogP contribution in [0.2, 0.25) is 5.02 Å². The van der Waals surface area contributed by atoms with Crippen LogP contribution < -0.4 is 5.32 Å². The standard InChI is InChI=1S/C11H11ClN2O3/c1-2-3-8(11(16)17)14-10(15)9-6-7(12)4-5-13-9/h2,4-6,8H,1,3H2,(H,14,15)(H,16,17). The monoisotopic (exact) mass is 254 g/mol. The third-order valence-corrected chi connectivity index (χ3v) is 2.20. The van der Waals surface area contributed by atoms with Crippen molar-refractivity contribution in [2.45, 2.75) is 12.5 Å². The van der Waals surface area contributed by atoms with Gasteiger partial charge in [-0.3, -0.25) is 9.78 Å². The van der Waals surface area contributed by atoms with Crippen LogP contribution in [0.25, 0.3) is 0 Å². The highest BCUT2D eigenvalue weighted by Gasteiger charge is 2.19. The Morgan fingerprint density at radius 3 is 2.88 bits per heavy atom. The molecule has 1 aromatic heterocycles. The van der Waals surface area contributed by atoms with Crippen LogP contribution in [-0.2, 0) is 4.79 Å². The molecule has 1 aromatic rings. The van der Waals surface area contributed by atoms with Gasteiger partial charge in [0.2, 0.25) is 0 Å². The van der Waals surface area contributed by atoms with E-state index in [-0.39, 0.29) is 12.1 Å². The lowest BCUT2D eigenvalue weighted by Crippen LogP contribution is -2.40. The van der Waals surface area contributed by atoms with Crippen molar-refractivity contribution in [3.63, 3.8) is 0 Å². The summed E-state index contributed by atoms with van der Waals surface area (Å²) in [4.78, 5) is 26.3. The SMILES string of the molecule is C=CCC(NC(=O)c1cc(Cl)ccn1)C(=O)O. The Kier molecular flexibility index (Phi) is 4.66. The molecule has 0 aliphatic carbocycles. The summed E-state index contributed by atoms with van der Waals surface area (Å²) in [5.74, 6) is -1.71. The summed E-state index contributed by atoms with van der Waals surface area (Å²) in [6.07, 6.45) is 2.94. The minimum Gasteiger partial charge on any atom is -0.480 e. The minimum atomic E-state index is -1.12. The van der Waals surface area contributed by atoms with Gasteiger partial charge in [0, 0.05) is 11.2 Å². The van der Waals surface area contributed by atoms with Crippen molar-refractivity contribution in [3.8, 4) is 0 Å². The Labute approximate surface area is 103 Å². The minimum absolute atomic E-state index is 0.0767. The lowest BCUT2D eigenvalue weighted by Gasteiger charge is -2.11. The first-order valence-corrected chi connectivity index (χ1v) is 5.18. The molecule has 0 saturated carbocycles. The molecule has 0 radical (unpaired) electrons. The molecule has 0 bridgehead atoms. The quantitative estimate of drug-likeness (QED) is 0.781. The maximum Gasteiger partial charge on any atom is 0.326 e. The van der Waals surface area contributed by atoms with E-state index in [2.05, 4.69) is 16.9 Å². The maximum absolute atomic E-state index is 11.7. The number of hydrogen-bond acceptors (Lipinski definition) is 3. The second-order valence-electron chi connectivity index (χ2n) is 3.25. The second-order valence-corrected chi connectivity index (χ2v) is 3.68. The molecule has 1 amide bonds. The number of aliphatic carboxylic acids is 1. The molecule has 1 rings (SSSR count). The molecule has 1 unspecified atom stereocenters. The number of carboxylic acid groups (broad SMARTS) is 1. The fraction of sp³-hybridized carbons (Fsp3) is 0.182. The average molecular weight is 255 g/mol.